The van der Waals surface area contributed by atoms with E-state index in [4.69, 9.17) is 9.47 Å². The standard InChI is InChI=1S/C28H29N3O6S.2H2/c32-17-19-3-2-14-31(16-19)38(34,35)22-9-6-20(7-10-22)23-4-1-5-26(29-23)30-27(33)28(12-13-28)21-8-11-24-25(15-21)37-18-36-24;;/h1,4-11,15,19,32H,2-3,12-14,16-18H2,(H,29,30,33);2*1H. The van der Waals surface area contributed by atoms with Gasteiger partial charge in [0.1, 0.15) is 5.82 Å². The number of pyridine rings is 1. The highest BCUT2D eigenvalue weighted by Crippen LogP contribution is 2.51. The Labute approximate surface area is 224 Å². The lowest BCUT2D eigenvalue weighted by molar-refractivity contribution is -0.118. The molecule has 202 valence electrons. The van der Waals surface area contributed by atoms with Crippen molar-refractivity contribution in [1.82, 2.24) is 9.29 Å². The van der Waals surface area contributed by atoms with Gasteiger partial charge in [-0.15, -0.1) is 0 Å². The maximum absolute atomic E-state index is 13.3. The Kier molecular flexibility index (Phi) is 6.33. The molecule has 1 unspecified atom stereocenters. The summed E-state index contributed by atoms with van der Waals surface area (Å²) >= 11 is 0. The number of aliphatic hydroxyl groups excluding tert-OH is 1. The van der Waals surface area contributed by atoms with Gasteiger partial charge < -0.3 is 19.9 Å². The van der Waals surface area contributed by atoms with Crippen molar-refractivity contribution in [3.63, 3.8) is 0 Å². The fraction of sp³-hybridized carbons (Fsp3) is 0.357. The smallest absolute Gasteiger partial charge is 0.243 e. The number of sulfonamides is 1. The predicted octanol–water partition coefficient (Wildman–Crippen LogP) is 4.03. The number of aromatic nitrogens is 1. The molecule has 10 heteroatoms. The molecule has 1 saturated heterocycles. The third-order valence-corrected chi connectivity index (χ3v) is 9.51. The van der Waals surface area contributed by atoms with E-state index in [0.29, 0.717) is 36.1 Å². The number of rotatable bonds is 7. The minimum Gasteiger partial charge on any atom is -0.454 e. The molecule has 0 radical (unpaired) electrons. The fourth-order valence-electron chi connectivity index (χ4n) is 5.21. The van der Waals surface area contributed by atoms with E-state index < -0.39 is 15.4 Å². The molecule has 38 heavy (non-hydrogen) atoms. The average Bonchev–Trinajstić information content (AvgIpc) is 3.64. The molecule has 2 N–H and O–H groups in total. The number of nitrogens with one attached hydrogen (secondary N) is 1. The van der Waals surface area contributed by atoms with Crippen LogP contribution in [0.1, 0.15) is 34.1 Å². The first-order valence-corrected chi connectivity index (χ1v) is 14.2. The molecule has 9 nitrogen and oxygen atoms in total. The molecule has 3 aliphatic rings. The molecule has 2 aliphatic heterocycles. The molecule has 6 rings (SSSR count). The van der Waals surface area contributed by atoms with E-state index in [0.717, 1.165) is 36.8 Å². The second-order valence-corrected chi connectivity index (χ2v) is 12.0. The molecule has 1 saturated carbocycles. The molecule has 2 aromatic carbocycles. The third kappa shape index (κ3) is 4.53. The van der Waals surface area contributed by atoms with E-state index in [1.165, 1.54) is 4.31 Å². The van der Waals surface area contributed by atoms with Gasteiger partial charge in [-0.25, -0.2) is 13.4 Å². The van der Waals surface area contributed by atoms with Crippen molar-refractivity contribution in [1.29, 1.82) is 0 Å². The SMILES string of the molecule is O=C(Nc1cccc(-c2ccc(S(=O)(=O)N3CCCC(CO)C3)cc2)n1)C1(c2ccc3c(c2)OCO3)CC1.[HH].[HH]. The number of hydrogen-bond acceptors (Lipinski definition) is 7. The molecule has 1 amide bonds. The molecule has 1 aromatic heterocycles. The van der Waals surface area contributed by atoms with E-state index in [1.807, 2.05) is 30.3 Å². The molecule has 0 bridgehead atoms. The van der Waals surface area contributed by atoms with Crippen LogP contribution in [0, 0.1) is 5.92 Å². The molecule has 2 fully saturated rings. The first-order chi connectivity index (χ1) is 18.4. The van der Waals surface area contributed by atoms with Crippen molar-refractivity contribution in [2.75, 3.05) is 31.8 Å². The lowest BCUT2D eigenvalue weighted by Gasteiger charge is -2.30. The van der Waals surface area contributed by atoms with Crippen LogP contribution in [0.4, 0.5) is 5.82 Å². The monoisotopic (exact) mass is 539 g/mol. The Morgan fingerprint density at radius 3 is 2.66 bits per heavy atom. The van der Waals surface area contributed by atoms with Gasteiger partial charge in [-0.1, -0.05) is 24.3 Å². The van der Waals surface area contributed by atoms with Gasteiger partial charge in [0.05, 0.1) is 16.0 Å². The highest BCUT2D eigenvalue weighted by atomic mass is 32.2. The zero-order valence-corrected chi connectivity index (χ0v) is 21.6. The highest BCUT2D eigenvalue weighted by molar-refractivity contribution is 7.89. The van der Waals surface area contributed by atoms with Crippen LogP contribution in [0.25, 0.3) is 11.3 Å². The minimum absolute atomic E-state index is 0. The molecule has 1 atom stereocenters. The minimum atomic E-state index is -3.64. The maximum Gasteiger partial charge on any atom is 0.243 e. The maximum atomic E-state index is 13.3. The number of piperidine rings is 1. The van der Waals surface area contributed by atoms with Gasteiger partial charge in [0, 0.05) is 28.1 Å². The number of aliphatic hydroxyl groups is 1. The Hall–Kier alpha value is -3.47. The summed E-state index contributed by atoms with van der Waals surface area (Å²) in [4.78, 5) is 18.1. The van der Waals surface area contributed by atoms with Gasteiger partial charge in [-0.3, -0.25) is 4.79 Å². The van der Waals surface area contributed by atoms with Gasteiger partial charge in [-0.05, 0) is 73.6 Å². The molecule has 3 aromatic rings. The van der Waals surface area contributed by atoms with Gasteiger partial charge in [-0.2, -0.15) is 4.31 Å². The summed E-state index contributed by atoms with van der Waals surface area (Å²) in [5.41, 5.74) is 1.64. The Morgan fingerprint density at radius 1 is 1.11 bits per heavy atom. The zero-order valence-electron chi connectivity index (χ0n) is 20.8. The van der Waals surface area contributed by atoms with E-state index in [9.17, 15) is 18.3 Å². The largest absolute Gasteiger partial charge is 0.454 e. The van der Waals surface area contributed by atoms with Crippen LogP contribution in [0.5, 0.6) is 11.5 Å². The Morgan fingerprint density at radius 2 is 1.89 bits per heavy atom. The number of anilines is 1. The lowest BCUT2D eigenvalue weighted by Crippen LogP contribution is -2.40. The quantitative estimate of drug-likeness (QED) is 0.465. The third-order valence-electron chi connectivity index (χ3n) is 7.63. The molecule has 1 aliphatic carbocycles. The highest BCUT2D eigenvalue weighted by Gasteiger charge is 2.51. The van der Waals surface area contributed by atoms with Crippen molar-refractivity contribution in [3.05, 3.63) is 66.2 Å². The summed E-state index contributed by atoms with van der Waals surface area (Å²) < 4.78 is 38.6. The van der Waals surface area contributed by atoms with Gasteiger partial charge in [0.25, 0.3) is 0 Å². The van der Waals surface area contributed by atoms with E-state index in [2.05, 4.69) is 10.3 Å². The number of amides is 1. The molecule has 0 spiro atoms. The first kappa shape index (κ1) is 24.8. The number of benzene rings is 2. The van der Waals surface area contributed by atoms with E-state index in [-0.39, 0.29) is 33.0 Å². The zero-order chi connectivity index (χ0) is 26.3. The first-order valence-electron chi connectivity index (χ1n) is 12.8. The summed E-state index contributed by atoms with van der Waals surface area (Å²) in [6.45, 7) is 0.959. The van der Waals surface area contributed by atoms with Crippen molar-refractivity contribution in [2.45, 2.75) is 36.0 Å². The number of ether oxygens (including phenoxy) is 2. The van der Waals surface area contributed by atoms with Crippen LogP contribution < -0.4 is 14.8 Å². The number of fused-ring (bicyclic) bond motifs is 1. The van der Waals surface area contributed by atoms with Crippen LogP contribution in [0.2, 0.25) is 0 Å². The van der Waals surface area contributed by atoms with Crippen molar-refractivity contribution in [3.8, 4) is 22.8 Å². The van der Waals surface area contributed by atoms with Crippen molar-refractivity contribution in [2.24, 2.45) is 5.92 Å². The van der Waals surface area contributed by atoms with Crippen molar-refractivity contribution < 1.29 is 30.6 Å². The molecular weight excluding hydrogens is 506 g/mol. The normalized spacial score (nSPS) is 20.2. The molecular formula is C28H33N3O6S. The van der Waals surface area contributed by atoms with Gasteiger partial charge in [0.15, 0.2) is 11.5 Å². The van der Waals surface area contributed by atoms with Crippen LogP contribution >= 0.6 is 0 Å². The topological polar surface area (TPSA) is 118 Å². The van der Waals surface area contributed by atoms with E-state index >= 15 is 0 Å². The van der Waals surface area contributed by atoms with Crippen LogP contribution in [0.15, 0.2) is 65.6 Å². The lowest BCUT2D eigenvalue weighted by atomic mass is 9.94. The number of carbonyl (C=O) groups excluding carboxylic acids is 1. The Balaban J connectivity index is 0.00000185. The van der Waals surface area contributed by atoms with Crippen LogP contribution in [-0.4, -0.2) is 55.2 Å². The fourth-order valence-corrected chi connectivity index (χ4v) is 6.76. The number of carbonyl (C=O) groups is 1. The number of hydrogen-bond donors (Lipinski definition) is 2. The summed E-state index contributed by atoms with van der Waals surface area (Å²) in [7, 11) is -3.64. The summed E-state index contributed by atoms with van der Waals surface area (Å²) in [6.07, 6.45) is 3.05. The van der Waals surface area contributed by atoms with Crippen LogP contribution in [0.3, 0.4) is 0 Å². The molecule has 3 heterocycles. The van der Waals surface area contributed by atoms with Gasteiger partial charge in [0.2, 0.25) is 22.7 Å². The average molecular weight is 540 g/mol. The summed E-state index contributed by atoms with van der Waals surface area (Å²) in [5, 5.41) is 12.4. The number of nitrogens with zero attached hydrogens (tertiary/aromatic N) is 2. The van der Waals surface area contributed by atoms with Crippen molar-refractivity contribution >= 4 is 21.7 Å². The second kappa shape index (κ2) is 9.68. The Bertz CT molecular complexity index is 1480. The van der Waals surface area contributed by atoms with E-state index in [1.54, 1.807) is 30.3 Å². The second-order valence-electron chi connectivity index (χ2n) is 10.1. The summed E-state index contributed by atoms with van der Waals surface area (Å²) in [5.74, 6) is 1.62. The van der Waals surface area contributed by atoms with Crippen LogP contribution in [-0.2, 0) is 20.2 Å². The van der Waals surface area contributed by atoms with Gasteiger partial charge >= 0.3 is 0 Å². The summed E-state index contributed by atoms with van der Waals surface area (Å²) in [6, 6.07) is 17.6. The predicted molar refractivity (Wildman–Crippen MR) is 145 cm³/mol.